The first-order valence-corrected chi connectivity index (χ1v) is 8.09. The van der Waals surface area contributed by atoms with E-state index in [1.165, 1.54) is 51.6 Å². The highest BCUT2D eigenvalue weighted by Gasteiger charge is 2.47. The molecule has 0 aromatic heterocycles. The van der Waals surface area contributed by atoms with Gasteiger partial charge in [0.2, 0.25) is 0 Å². The molecular formula is C16H32N2. The van der Waals surface area contributed by atoms with Crippen molar-refractivity contribution in [3.05, 3.63) is 0 Å². The highest BCUT2D eigenvalue weighted by atomic mass is 15.2. The van der Waals surface area contributed by atoms with Crippen molar-refractivity contribution in [1.29, 1.82) is 0 Å². The molecule has 18 heavy (non-hydrogen) atoms. The Morgan fingerprint density at radius 3 is 2.39 bits per heavy atom. The number of nitrogens with two attached hydrogens (primary N) is 1. The SMILES string of the molecule is CCC(CN)(C1CC1)N1CCCC(C(C)C)CC1. The standard InChI is InChI=1S/C16H32N2/c1-4-16(12-17,15-7-8-15)18-10-5-6-14(9-11-18)13(2)3/h13-15H,4-12,17H2,1-3H3. The predicted octanol–water partition coefficient (Wildman–Crippen LogP) is 3.26. The average molecular weight is 252 g/mol. The summed E-state index contributed by atoms with van der Waals surface area (Å²) >= 11 is 0. The van der Waals surface area contributed by atoms with Crippen LogP contribution in [0.2, 0.25) is 0 Å². The molecule has 2 heteroatoms. The van der Waals surface area contributed by atoms with E-state index in [4.69, 9.17) is 5.73 Å². The lowest BCUT2D eigenvalue weighted by Crippen LogP contribution is -2.55. The van der Waals surface area contributed by atoms with E-state index in [0.29, 0.717) is 5.54 Å². The molecule has 2 N–H and O–H groups in total. The van der Waals surface area contributed by atoms with Crippen LogP contribution in [-0.2, 0) is 0 Å². The summed E-state index contributed by atoms with van der Waals surface area (Å²) in [7, 11) is 0. The van der Waals surface area contributed by atoms with E-state index >= 15 is 0 Å². The van der Waals surface area contributed by atoms with Gasteiger partial charge in [0.15, 0.2) is 0 Å². The summed E-state index contributed by atoms with van der Waals surface area (Å²) in [5.41, 5.74) is 6.53. The lowest BCUT2D eigenvalue weighted by molar-refractivity contribution is 0.0699. The summed E-state index contributed by atoms with van der Waals surface area (Å²) < 4.78 is 0. The Morgan fingerprint density at radius 2 is 1.89 bits per heavy atom. The van der Waals surface area contributed by atoms with Crippen LogP contribution >= 0.6 is 0 Å². The van der Waals surface area contributed by atoms with Crippen molar-refractivity contribution in [2.75, 3.05) is 19.6 Å². The minimum absolute atomic E-state index is 0.339. The molecule has 106 valence electrons. The molecule has 0 aromatic carbocycles. The van der Waals surface area contributed by atoms with Gasteiger partial charge in [-0.1, -0.05) is 20.8 Å². The second-order valence-corrected chi connectivity index (χ2v) is 6.86. The first-order valence-electron chi connectivity index (χ1n) is 8.09. The van der Waals surface area contributed by atoms with E-state index in [-0.39, 0.29) is 0 Å². The number of hydrogen-bond donors (Lipinski definition) is 1. The molecule has 2 aliphatic rings. The maximum atomic E-state index is 6.19. The minimum atomic E-state index is 0.339. The van der Waals surface area contributed by atoms with Crippen LogP contribution in [-0.4, -0.2) is 30.1 Å². The second kappa shape index (κ2) is 5.92. The summed E-state index contributed by atoms with van der Waals surface area (Å²) in [4.78, 5) is 2.77. The van der Waals surface area contributed by atoms with Gasteiger partial charge in [-0.15, -0.1) is 0 Å². The minimum Gasteiger partial charge on any atom is -0.329 e. The van der Waals surface area contributed by atoms with Gasteiger partial charge in [0.1, 0.15) is 0 Å². The van der Waals surface area contributed by atoms with Gasteiger partial charge in [-0.05, 0) is 69.4 Å². The Morgan fingerprint density at radius 1 is 1.17 bits per heavy atom. The number of rotatable bonds is 5. The van der Waals surface area contributed by atoms with Crippen LogP contribution in [0.4, 0.5) is 0 Å². The molecule has 0 spiro atoms. The largest absolute Gasteiger partial charge is 0.329 e. The van der Waals surface area contributed by atoms with E-state index in [0.717, 1.165) is 24.3 Å². The van der Waals surface area contributed by atoms with Gasteiger partial charge in [0.25, 0.3) is 0 Å². The monoisotopic (exact) mass is 252 g/mol. The van der Waals surface area contributed by atoms with E-state index in [1.54, 1.807) is 0 Å². The molecule has 1 saturated heterocycles. The lowest BCUT2D eigenvalue weighted by atomic mass is 9.87. The molecule has 0 radical (unpaired) electrons. The fourth-order valence-corrected chi connectivity index (χ4v) is 4.07. The number of likely N-dealkylation sites (tertiary alicyclic amines) is 1. The third-order valence-electron chi connectivity index (χ3n) is 5.65. The van der Waals surface area contributed by atoms with Crippen LogP contribution in [0.5, 0.6) is 0 Å². The molecule has 2 rings (SSSR count). The van der Waals surface area contributed by atoms with Gasteiger partial charge in [0.05, 0.1) is 0 Å². The van der Waals surface area contributed by atoms with Gasteiger partial charge in [-0.25, -0.2) is 0 Å². The molecule has 1 heterocycles. The Labute approximate surface area is 113 Å². The summed E-state index contributed by atoms with van der Waals surface area (Å²) in [5.74, 6) is 2.67. The maximum Gasteiger partial charge on any atom is 0.0357 e. The van der Waals surface area contributed by atoms with Crippen LogP contribution in [0.25, 0.3) is 0 Å². The van der Waals surface area contributed by atoms with E-state index in [9.17, 15) is 0 Å². The Balaban J connectivity index is 2.03. The Hall–Kier alpha value is -0.0800. The quantitative estimate of drug-likeness (QED) is 0.814. The van der Waals surface area contributed by atoms with Crippen molar-refractivity contribution in [1.82, 2.24) is 4.90 Å². The van der Waals surface area contributed by atoms with Crippen LogP contribution in [0.15, 0.2) is 0 Å². The Bertz CT molecular complexity index is 254. The maximum absolute atomic E-state index is 6.19. The molecular weight excluding hydrogens is 220 g/mol. The fourth-order valence-electron chi connectivity index (χ4n) is 4.07. The second-order valence-electron chi connectivity index (χ2n) is 6.86. The molecule has 2 atom stereocenters. The van der Waals surface area contributed by atoms with Gasteiger partial charge < -0.3 is 5.73 Å². The number of hydrogen-bond acceptors (Lipinski definition) is 2. The highest BCUT2D eigenvalue weighted by Crippen LogP contribution is 2.45. The average Bonchev–Trinajstić information content (AvgIpc) is 3.17. The van der Waals surface area contributed by atoms with Crippen LogP contribution < -0.4 is 5.73 Å². The van der Waals surface area contributed by atoms with Crippen molar-refractivity contribution >= 4 is 0 Å². The first-order chi connectivity index (χ1) is 8.64. The third-order valence-corrected chi connectivity index (χ3v) is 5.65. The molecule has 0 aromatic rings. The lowest BCUT2D eigenvalue weighted by Gasteiger charge is -2.43. The van der Waals surface area contributed by atoms with Crippen molar-refractivity contribution in [2.24, 2.45) is 23.5 Å². The molecule has 2 nitrogen and oxygen atoms in total. The van der Waals surface area contributed by atoms with Crippen molar-refractivity contribution in [3.8, 4) is 0 Å². The molecule has 1 aliphatic heterocycles. The fraction of sp³-hybridized carbons (Fsp3) is 1.00. The zero-order chi connectivity index (χ0) is 13.2. The molecule has 0 amide bonds. The van der Waals surface area contributed by atoms with Crippen molar-refractivity contribution in [3.63, 3.8) is 0 Å². The zero-order valence-electron chi connectivity index (χ0n) is 12.6. The van der Waals surface area contributed by atoms with Gasteiger partial charge in [-0.3, -0.25) is 4.90 Å². The van der Waals surface area contributed by atoms with Crippen molar-refractivity contribution < 1.29 is 0 Å². The normalized spacial score (nSPS) is 30.2. The Kier molecular flexibility index (Phi) is 4.71. The molecule has 2 unspecified atom stereocenters. The smallest absolute Gasteiger partial charge is 0.0357 e. The topological polar surface area (TPSA) is 29.3 Å². The highest BCUT2D eigenvalue weighted by molar-refractivity contribution is 5.03. The molecule has 0 bridgehead atoms. The van der Waals surface area contributed by atoms with E-state index in [2.05, 4.69) is 25.7 Å². The van der Waals surface area contributed by atoms with Crippen LogP contribution in [0, 0.1) is 17.8 Å². The van der Waals surface area contributed by atoms with Gasteiger partial charge >= 0.3 is 0 Å². The van der Waals surface area contributed by atoms with Gasteiger partial charge in [-0.2, -0.15) is 0 Å². The molecule has 1 saturated carbocycles. The molecule has 2 fully saturated rings. The summed E-state index contributed by atoms with van der Waals surface area (Å²) in [6, 6.07) is 0. The summed E-state index contributed by atoms with van der Waals surface area (Å²) in [5, 5.41) is 0. The van der Waals surface area contributed by atoms with E-state index in [1.807, 2.05) is 0 Å². The molecule has 1 aliphatic carbocycles. The zero-order valence-corrected chi connectivity index (χ0v) is 12.6. The third kappa shape index (κ3) is 2.75. The number of nitrogens with zero attached hydrogens (tertiary/aromatic N) is 1. The summed E-state index contributed by atoms with van der Waals surface area (Å²) in [6.07, 6.45) is 8.23. The van der Waals surface area contributed by atoms with Crippen LogP contribution in [0.3, 0.4) is 0 Å². The first kappa shape index (κ1) is 14.3. The summed E-state index contributed by atoms with van der Waals surface area (Å²) in [6.45, 7) is 10.5. The van der Waals surface area contributed by atoms with Gasteiger partial charge in [0, 0.05) is 12.1 Å². The van der Waals surface area contributed by atoms with Crippen LogP contribution in [0.1, 0.15) is 59.3 Å². The predicted molar refractivity (Wildman–Crippen MR) is 78.6 cm³/mol. The van der Waals surface area contributed by atoms with E-state index < -0.39 is 0 Å². The van der Waals surface area contributed by atoms with Crippen molar-refractivity contribution in [2.45, 2.75) is 64.8 Å².